The molecule has 0 fully saturated rings. The average Bonchev–Trinajstić information content (AvgIpc) is 3.08. The van der Waals surface area contributed by atoms with Gasteiger partial charge in [-0.1, -0.05) is 42.6 Å². The van der Waals surface area contributed by atoms with Crippen molar-refractivity contribution in [1.82, 2.24) is 9.29 Å². The minimum atomic E-state index is -3.50. The van der Waals surface area contributed by atoms with Gasteiger partial charge in [-0.05, 0) is 42.3 Å². The molecule has 27 heavy (non-hydrogen) atoms. The fraction of sp³-hybridized carbons (Fsp3) is 0.250. The lowest BCUT2D eigenvalue weighted by atomic mass is 10.1. The van der Waals surface area contributed by atoms with Crippen LogP contribution in [0.2, 0.25) is 13.1 Å². The molecule has 0 saturated carbocycles. The molecule has 3 aromatic rings. The van der Waals surface area contributed by atoms with Gasteiger partial charge >= 0.3 is 0 Å². The summed E-state index contributed by atoms with van der Waals surface area (Å²) in [6.07, 6.45) is 0.607. The molecular formula is C20H22N2O2S2Si. The first-order valence-electron chi connectivity index (χ1n) is 8.87. The van der Waals surface area contributed by atoms with Gasteiger partial charge in [-0.25, -0.2) is 13.4 Å². The van der Waals surface area contributed by atoms with Crippen LogP contribution in [0, 0.1) is 6.92 Å². The zero-order valence-electron chi connectivity index (χ0n) is 15.6. The molecule has 4 rings (SSSR count). The van der Waals surface area contributed by atoms with Gasteiger partial charge in [0.05, 0.1) is 28.7 Å². The molecule has 7 heteroatoms. The van der Waals surface area contributed by atoms with Crippen LogP contribution in [0.5, 0.6) is 0 Å². The number of thiazole rings is 1. The van der Waals surface area contributed by atoms with Gasteiger partial charge in [0.15, 0.2) is 0 Å². The quantitative estimate of drug-likeness (QED) is 0.594. The maximum Gasteiger partial charge on any atom is 0.243 e. The Morgan fingerprint density at radius 2 is 1.85 bits per heavy atom. The van der Waals surface area contributed by atoms with Crippen molar-refractivity contribution < 1.29 is 8.42 Å². The van der Waals surface area contributed by atoms with Gasteiger partial charge in [0.25, 0.3) is 0 Å². The number of hydrogen-bond acceptors (Lipinski definition) is 4. The first kappa shape index (κ1) is 18.6. The second-order valence-corrected chi connectivity index (χ2v) is 15.2. The second-order valence-electron chi connectivity index (χ2n) is 7.78. The van der Waals surface area contributed by atoms with Crippen LogP contribution in [0.1, 0.15) is 11.1 Å². The van der Waals surface area contributed by atoms with Crippen molar-refractivity contribution in [2.75, 3.05) is 12.7 Å². The number of aryl methyl sites for hydroxylation is 1. The highest BCUT2D eigenvalue weighted by atomic mass is 32.2. The van der Waals surface area contributed by atoms with E-state index in [4.69, 9.17) is 0 Å². The van der Waals surface area contributed by atoms with Crippen molar-refractivity contribution in [2.24, 2.45) is 0 Å². The van der Waals surface area contributed by atoms with Crippen LogP contribution in [0.15, 0.2) is 58.6 Å². The third kappa shape index (κ3) is 3.64. The van der Waals surface area contributed by atoms with Crippen LogP contribution >= 0.6 is 11.3 Å². The predicted octanol–water partition coefficient (Wildman–Crippen LogP) is 4.48. The molecule has 0 aliphatic carbocycles. The van der Waals surface area contributed by atoms with Gasteiger partial charge in [-0.3, -0.25) is 0 Å². The van der Waals surface area contributed by atoms with Gasteiger partial charge in [-0.2, -0.15) is 4.31 Å². The van der Waals surface area contributed by atoms with E-state index in [9.17, 15) is 8.42 Å². The number of sulfonamides is 1. The molecule has 140 valence electrons. The summed E-state index contributed by atoms with van der Waals surface area (Å²) in [5.41, 5.74) is 8.42. The highest BCUT2D eigenvalue weighted by molar-refractivity contribution is 7.89. The van der Waals surface area contributed by atoms with E-state index in [1.807, 2.05) is 30.6 Å². The van der Waals surface area contributed by atoms with Gasteiger partial charge in [0.2, 0.25) is 10.0 Å². The van der Waals surface area contributed by atoms with E-state index in [1.165, 1.54) is 0 Å². The number of fused-ring (bicyclic) bond motifs is 1. The van der Waals surface area contributed by atoms with Gasteiger partial charge in [0.1, 0.15) is 0 Å². The van der Waals surface area contributed by atoms with E-state index in [2.05, 4.69) is 35.9 Å². The number of rotatable bonds is 3. The van der Waals surface area contributed by atoms with E-state index in [0.29, 0.717) is 17.6 Å². The molecule has 1 aliphatic heterocycles. The summed E-state index contributed by atoms with van der Waals surface area (Å²) in [5, 5.41) is 0. The van der Waals surface area contributed by atoms with E-state index in [-0.39, 0.29) is 0 Å². The fourth-order valence-electron chi connectivity index (χ4n) is 3.52. The van der Waals surface area contributed by atoms with Crippen LogP contribution in [-0.4, -0.2) is 38.5 Å². The highest BCUT2D eigenvalue weighted by Crippen LogP contribution is 2.31. The normalized spacial score (nSPS) is 17.8. The van der Waals surface area contributed by atoms with E-state index in [0.717, 1.165) is 26.9 Å². The van der Waals surface area contributed by atoms with Crippen LogP contribution in [0.25, 0.3) is 15.8 Å². The Morgan fingerprint density at radius 1 is 1.11 bits per heavy atom. The highest BCUT2D eigenvalue weighted by Gasteiger charge is 2.35. The van der Waals surface area contributed by atoms with Crippen LogP contribution < -0.4 is 0 Å². The fourth-order valence-corrected chi connectivity index (χ4v) is 9.32. The van der Waals surface area contributed by atoms with Crippen molar-refractivity contribution in [3.05, 3.63) is 64.8 Å². The van der Waals surface area contributed by atoms with E-state index < -0.39 is 18.1 Å². The first-order valence-corrected chi connectivity index (χ1v) is 14.5. The van der Waals surface area contributed by atoms with Crippen molar-refractivity contribution in [2.45, 2.75) is 24.9 Å². The predicted molar refractivity (Wildman–Crippen MR) is 115 cm³/mol. The molecule has 4 nitrogen and oxygen atoms in total. The number of nitrogens with zero attached hydrogens (tertiary/aromatic N) is 2. The standard InChI is InChI=1S/C20H22N2O2S2Si/c1-15-4-7-18(8-5-15)26(23,24)22-11-17(12-27(2,3)14-22)16-6-9-19-20(10-16)25-13-21-19/h4-10,12-13H,11,14H2,1-3H3. The molecular weight excluding hydrogens is 392 g/mol. The molecule has 0 saturated heterocycles. The maximum atomic E-state index is 13.2. The Labute approximate surface area is 165 Å². The van der Waals surface area contributed by atoms with Crippen molar-refractivity contribution in [1.29, 1.82) is 0 Å². The number of benzene rings is 2. The number of hydrogen-bond donors (Lipinski definition) is 0. The topological polar surface area (TPSA) is 50.3 Å². The molecule has 1 aliphatic rings. The summed E-state index contributed by atoms with van der Waals surface area (Å²) >= 11 is 1.61. The van der Waals surface area contributed by atoms with Crippen molar-refractivity contribution >= 4 is 45.2 Å². The van der Waals surface area contributed by atoms with E-state index >= 15 is 0 Å². The Bertz CT molecular complexity index is 1130. The lowest BCUT2D eigenvalue weighted by Crippen LogP contribution is -2.48. The van der Waals surface area contributed by atoms with E-state index in [1.54, 1.807) is 27.8 Å². The zero-order valence-corrected chi connectivity index (χ0v) is 18.3. The van der Waals surface area contributed by atoms with Crippen molar-refractivity contribution in [3.8, 4) is 0 Å². The molecule has 2 heterocycles. The van der Waals surface area contributed by atoms with Gasteiger partial charge < -0.3 is 0 Å². The largest absolute Gasteiger partial charge is 0.245 e. The minimum Gasteiger partial charge on any atom is -0.245 e. The molecule has 0 radical (unpaired) electrons. The summed E-state index contributed by atoms with van der Waals surface area (Å²) < 4.78 is 29.3. The van der Waals surface area contributed by atoms with Crippen LogP contribution in [0.4, 0.5) is 0 Å². The summed E-state index contributed by atoms with van der Waals surface area (Å²) in [6.45, 7) is 6.81. The SMILES string of the molecule is Cc1ccc(S(=O)(=O)N2CC(c3ccc4ncsc4c3)=C[Si](C)(C)C2)cc1. The molecule has 0 unspecified atom stereocenters. The van der Waals surface area contributed by atoms with Crippen LogP contribution in [-0.2, 0) is 10.0 Å². The summed E-state index contributed by atoms with van der Waals surface area (Å²) in [5.74, 6) is 0. The molecule has 0 N–H and O–H groups in total. The maximum absolute atomic E-state index is 13.2. The Morgan fingerprint density at radius 3 is 2.59 bits per heavy atom. The zero-order chi connectivity index (χ0) is 19.2. The lowest BCUT2D eigenvalue weighted by Gasteiger charge is -2.35. The van der Waals surface area contributed by atoms with Crippen molar-refractivity contribution in [3.63, 3.8) is 0 Å². The summed E-state index contributed by atoms with van der Waals surface area (Å²) in [6, 6.07) is 13.3. The third-order valence-electron chi connectivity index (χ3n) is 4.86. The molecule has 0 amide bonds. The minimum absolute atomic E-state index is 0.372. The third-order valence-corrected chi connectivity index (χ3v) is 10.0. The Kier molecular flexibility index (Phi) is 4.58. The molecule has 0 atom stereocenters. The molecule has 2 aromatic carbocycles. The monoisotopic (exact) mass is 414 g/mol. The Balaban J connectivity index is 1.72. The van der Waals surface area contributed by atoms with Gasteiger partial charge in [-0.15, -0.1) is 11.3 Å². The molecule has 1 aromatic heterocycles. The Hall–Kier alpha value is -1.80. The lowest BCUT2D eigenvalue weighted by molar-refractivity contribution is 0.483. The molecule has 0 bridgehead atoms. The number of aromatic nitrogens is 1. The summed E-state index contributed by atoms with van der Waals surface area (Å²) in [7, 11) is -5.34. The smallest absolute Gasteiger partial charge is 0.243 e. The second kappa shape index (κ2) is 6.67. The summed E-state index contributed by atoms with van der Waals surface area (Å²) in [4.78, 5) is 4.71. The average molecular weight is 415 g/mol. The van der Waals surface area contributed by atoms with Crippen LogP contribution in [0.3, 0.4) is 0 Å². The molecule has 0 spiro atoms. The van der Waals surface area contributed by atoms with Gasteiger partial charge in [0, 0.05) is 12.7 Å². The first-order chi connectivity index (χ1) is 12.7.